The Bertz CT molecular complexity index is 1320. The number of carbonyl (C=O) groups excluding carboxylic acids is 1. The summed E-state index contributed by atoms with van der Waals surface area (Å²) in [5.74, 6) is -0.118. The van der Waals surface area contributed by atoms with Crippen molar-refractivity contribution in [2.75, 3.05) is 24.7 Å². The Kier molecular flexibility index (Phi) is 7.41. The van der Waals surface area contributed by atoms with Crippen LogP contribution < -0.4 is 15.4 Å². The number of aromatic nitrogens is 2. The number of halogens is 3. The Morgan fingerprint density at radius 1 is 1.35 bits per heavy atom. The van der Waals surface area contributed by atoms with Gasteiger partial charge in [-0.2, -0.15) is 18.3 Å². The van der Waals surface area contributed by atoms with Crippen molar-refractivity contribution in [1.29, 1.82) is 0 Å². The van der Waals surface area contributed by atoms with Crippen molar-refractivity contribution in [3.63, 3.8) is 0 Å². The van der Waals surface area contributed by atoms with Crippen LogP contribution in [0, 0.1) is 0 Å². The summed E-state index contributed by atoms with van der Waals surface area (Å²) in [6, 6.07) is 3.21. The third-order valence-corrected chi connectivity index (χ3v) is 8.01. The van der Waals surface area contributed by atoms with Gasteiger partial charge in [0.2, 0.25) is 0 Å². The highest BCUT2D eigenvalue weighted by molar-refractivity contribution is 7.91. The fraction of sp³-hybridized carbons (Fsp3) is 0.500. The number of hydrogen-bond acceptors (Lipinski definition) is 7. The van der Waals surface area contributed by atoms with Crippen LogP contribution in [0.3, 0.4) is 0 Å². The van der Waals surface area contributed by atoms with Gasteiger partial charge in [-0.15, -0.1) is 0 Å². The number of hydrogen-bond donors (Lipinski definition) is 2. The molecule has 0 saturated carbocycles. The molecule has 0 aliphatic carbocycles. The number of carbonyl (C=O) groups is 1. The minimum atomic E-state index is -4.47. The molecule has 0 aromatic carbocycles. The number of sulfone groups is 1. The molecule has 9 nitrogen and oxygen atoms in total. The zero-order valence-electron chi connectivity index (χ0n) is 20.5. The summed E-state index contributed by atoms with van der Waals surface area (Å²) in [6.07, 6.45) is -0.939. The predicted molar refractivity (Wildman–Crippen MR) is 131 cm³/mol. The standard InChI is InChI=1S/C24H29F3N4O5S/c1-15(2)19-17-13-16(36-22-18(5-4-9-28-22)35-14-24(25,26)27)6-10-31(17)30-20(19)21(32)29-23(3)7-11-37(33,34)12-8-23/h4-6,10,13,18,22,28H,1,7-9,11-12,14H2,2-3H3,(H,29,32). The molecule has 2 unspecified atom stereocenters. The summed E-state index contributed by atoms with van der Waals surface area (Å²) in [7, 11) is -3.10. The molecule has 0 radical (unpaired) electrons. The van der Waals surface area contributed by atoms with Gasteiger partial charge < -0.3 is 14.8 Å². The van der Waals surface area contributed by atoms with Crippen molar-refractivity contribution < 1.29 is 35.9 Å². The average molecular weight is 543 g/mol. The number of ether oxygens (including phenoxy) is 2. The molecule has 2 N–H and O–H groups in total. The van der Waals surface area contributed by atoms with Crippen LogP contribution in [0.1, 0.15) is 42.7 Å². The van der Waals surface area contributed by atoms with E-state index in [1.807, 2.05) is 6.92 Å². The Morgan fingerprint density at radius 2 is 2.05 bits per heavy atom. The van der Waals surface area contributed by atoms with Crippen LogP contribution in [0.25, 0.3) is 11.1 Å². The zero-order valence-corrected chi connectivity index (χ0v) is 21.3. The van der Waals surface area contributed by atoms with Crippen LogP contribution in [0.5, 0.6) is 5.75 Å². The maximum Gasteiger partial charge on any atom is 0.411 e. The molecule has 13 heteroatoms. The molecule has 0 spiro atoms. The number of nitrogens with one attached hydrogen (secondary N) is 2. The van der Waals surface area contributed by atoms with Crippen LogP contribution in [0.4, 0.5) is 13.2 Å². The third-order valence-electron chi connectivity index (χ3n) is 6.36. The average Bonchev–Trinajstić information content (AvgIpc) is 3.20. The molecule has 1 amide bonds. The molecule has 202 valence electrons. The topological polar surface area (TPSA) is 111 Å². The van der Waals surface area contributed by atoms with E-state index in [0.29, 0.717) is 41.8 Å². The van der Waals surface area contributed by atoms with Crippen molar-refractivity contribution in [3.8, 4) is 5.75 Å². The smallest absolute Gasteiger partial charge is 0.411 e. The van der Waals surface area contributed by atoms with E-state index in [9.17, 15) is 26.4 Å². The Balaban J connectivity index is 1.57. The summed E-state index contributed by atoms with van der Waals surface area (Å²) >= 11 is 0. The van der Waals surface area contributed by atoms with Gasteiger partial charge in [0.05, 0.1) is 17.0 Å². The monoisotopic (exact) mass is 542 g/mol. The first-order valence-electron chi connectivity index (χ1n) is 11.7. The van der Waals surface area contributed by atoms with E-state index in [0.717, 1.165) is 0 Å². The molecule has 4 rings (SSSR count). The van der Waals surface area contributed by atoms with Gasteiger partial charge in [0, 0.05) is 29.9 Å². The van der Waals surface area contributed by atoms with Gasteiger partial charge >= 0.3 is 6.18 Å². The van der Waals surface area contributed by atoms with E-state index in [-0.39, 0.29) is 17.2 Å². The molecule has 2 atom stereocenters. The minimum absolute atomic E-state index is 0.00105. The van der Waals surface area contributed by atoms with Crippen molar-refractivity contribution in [3.05, 3.63) is 48.3 Å². The van der Waals surface area contributed by atoms with Crippen molar-refractivity contribution in [2.45, 2.75) is 50.7 Å². The normalized spacial score (nSPS) is 23.1. The van der Waals surface area contributed by atoms with Crippen LogP contribution in [0.2, 0.25) is 0 Å². The largest absolute Gasteiger partial charge is 0.472 e. The second-order valence-electron chi connectivity index (χ2n) is 9.63. The summed E-state index contributed by atoms with van der Waals surface area (Å²) in [5, 5.41) is 10.3. The lowest BCUT2D eigenvalue weighted by atomic mass is 9.94. The Labute approximate surface area is 212 Å². The summed E-state index contributed by atoms with van der Waals surface area (Å²) in [6.45, 7) is 6.50. The second kappa shape index (κ2) is 10.1. The molecule has 0 bridgehead atoms. The van der Waals surface area contributed by atoms with Gasteiger partial charge in [-0.3, -0.25) is 10.1 Å². The Morgan fingerprint density at radius 3 is 2.70 bits per heavy atom. The summed E-state index contributed by atoms with van der Waals surface area (Å²) < 4.78 is 74.0. The van der Waals surface area contributed by atoms with Crippen LogP contribution in [-0.4, -0.2) is 72.6 Å². The number of amides is 1. The van der Waals surface area contributed by atoms with Gasteiger partial charge in [-0.1, -0.05) is 18.7 Å². The van der Waals surface area contributed by atoms with Gasteiger partial charge in [-0.05, 0) is 38.3 Å². The van der Waals surface area contributed by atoms with Gasteiger partial charge in [0.25, 0.3) is 5.91 Å². The summed E-state index contributed by atoms with van der Waals surface area (Å²) in [5.41, 5.74) is 1.01. The highest BCUT2D eigenvalue weighted by Crippen LogP contribution is 2.29. The van der Waals surface area contributed by atoms with E-state index >= 15 is 0 Å². The third kappa shape index (κ3) is 6.51. The van der Waals surface area contributed by atoms with Gasteiger partial charge in [0.1, 0.15) is 28.3 Å². The van der Waals surface area contributed by atoms with E-state index < -0.39 is 46.4 Å². The minimum Gasteiger partial charge on any atom is -0.472 e. The highest BCUT2D eigenvalue weighted by Gasteiger charge is 2.36. The van der Waals surface area contributed by atoms with E-state index in [4.69, 9.17) is 9.47 Å². The first-order valence-corrected chi connectivity index (χ1v) is 13.5. The number of rotatable bonds is 7. The highest BCUT2D eigenvalue weighted by atomic mass is 32.2. The van der Waals surface area contributed by atoms with Crippen LogP contribution in [-0.2, 0) is 14.6 Å². The molecule has 2 aliphatic heterocycles. The van der Waals surface area contributed by atoms with Gasteiger partial charge in [-0.25, -0.2) is 12.9 Å². The number of fused-ring (bicyclic) bond motifs is 1. The van der Waals surface area contributed by atoms with E-state index in [1.165, 1.54) is 10.6 Å². The maximum absolute atomic E-state index is 13.2. The summed E-state index contributed by atoms with van der Waals surface area (Å²) in [4.78, 5) is 13.2. The molecule has 4 heterocycles. The number of pyridine rings is 1. The van der Waals surface area contributed by atoms with Crippen molar-refractivity contribution in [2.24, 2.45) is 0 Å². The SMILES string of the molecule is C=C(C)c1c(C(=O)NC2(C)CCS(=O)(=O)CC2)nn2ccc(OC3NCC=CC3OCC(F)(F)F)cc12. The quantitative estimate of drug-likeness (QED) is 0.518. The van der Waals surface area contributed by atoms with Crippen molar-refractivity contribution in [1.82, 2.24) is 20.2 Å². The van der Waals surface area contributed by atoms with E-state index in [2.05, 4.69) is 22.3 Å². The molecule has 2 aromatic rings. The fourth-order valence-electron chi connectivity index (χ4n) is 4.32. The number of allylic oxidation sites excluding steroid dienone is 1. The lowest BCUT2D eigenvalue weighted by Crippen LogP contribution is -2.51. The Hall–Kier alpha value is -2.90. The van der Waals surface area contributed by atoms with Gasteiger partial charge in [0.15, 0.2) is 11.9 Å². The lowest BCUT2D eigenvalue weighted by molar-refractivity contribution is -0.189. The molecule has 2 aromatic heterocycles. The van der Waals surface area contributed by atoms with Crippen molar-refractivity contribution >= 4 is 26.8 Å². The molecule has 2 aliphatic rings. The zero-order chi connectivity index (χ0) is 27.0. The number of alkyl halides is 3. The van der Waals surface area contributed by atoms with Crippen LogP contribution >= 0.6 is 0 Å². The lowest BCUT2D eigenvalue weighted by Gasteiger charge is -2.34. The molecular formula is C24H29F3N4O5S. The molecular weight excluding hydrogens is 513 g/mol. The molecule has 1 fully saturated rings. The molecule has 37 heavy (non-hydrogen) atoms. The second-order valence-corrected chi connectivity index (χ2v) is 11.9. The first kappa shape index (κ1) is 27.1. The molecule has 1 saturated heterocycles. The maximum atomic E-state index is 13.2. The fourth-order valence-corrected chi connectivity index (χ4v) is 6.05. The van der Waals surface area contributed by atoms with Crippen LogP contribution in [0.15, 0.2) is 37.1 Å². The predicted octanol–water partition coefficient (Wildman–Crippen LogP) is 2.88. The number of nitrogens with zero attached hydrogens (tertiary/aromatic N) is 2. The first-order chi connectivity index (χ1) is 17.3. The van der Waals surface area contributed by atoms with E-state index in [1.54, 1.807) is 31.3 Å².